The number of nitrogens with one attached hydrogen (secondary N) is 1. The summed E-state index contributed by atoms with van der Waals surface area (Å²) in [5.74, 6) is -0.582. The Kier molecular flexibility index (Phi) is 14.8. The highest BCUT2D eigenvalue weighted by atomic mass is 79.9. The van der Waals surface area contributed by atoms with Crippen LogP contribution >= 0.6 is 7.26 Å². The van der Waals surface area contributed by atoms with Gasteiger partial charge in [-0.05, 0) is 108 Å². The maximum absolute atomic E-state index is 12.8. The summed E-state index contributed by atoms with van der Waals surface area (Å²) in [4.78, 5) is 39.5. The third kappa shape index (κ3) is 9.64. The van der Waals surface area contributed by atoms with Gasteiger partial charge in [0.05, 0.1) is 17.3 Å². The molecule has 1 aliphatic heterocycles. The minimum atomic E-state index is -1.81. The monoisotopic (exact) mass is 768 g/mol. The highest BCUT2D eigenvalue weighted by Gasteiger charge is 2.44. The van der Waals surface area contributed by atoms with Crippen LogP contribution in [0.4, 0.5) is 5.69 Å². The second kappa shape index (κ2) is 18.8. The molecule has 270 valence electrons. The molecule has 0 fully saturated rings. The van der Waals surface area contributed by atoms with E-state index < -0.39 is 7.26 Å². The van der Waals surface area contributed by atoms with Crippen LogP contribution in [-0.4, -0.2) is 34.8 Å². The Morgan fingerprint density at radius 3 is 1.53 bits per heavy atom. The average molecular weight is 770 g/mol. The number of benzene rings is 4. The predicted molar refractivity (Wildman–Crippen MR) is 211 cm³/mol. The number of hydrogen-bond acceptors (Lipinski definition) is 3. The lowest BCUT2D eigenvalue weighted by Crippen LogP contribution is -3.00. The van der Waals surface area contributed by atoms with Crippen LogP contribution in [0, 0.1) is 20.8 Å². The summed E-state index contributed by atoms with van der Waals surface area (Å²) in [6, 6.07) is 32.7. The summed E-state index contributed by atoms with van der Waals surface area (Å²) in [5.41, 5.74) is 5.25. The van der Waals surface area contributed by atoms with Crippen LogP contribution in [0.15, 0.2) is 91.0 Å². The fourth-order valence-corrected chi connectivity index (χ4v) is 11.4. The van der Waals surface area contributed by atoms with Crippen molar-refractivity contribution in [2.24, 2.45) is 0 Å². The van der Waals surface area contributed by atoms with E-state index in [0.29, 0.717) is 29.7 Å². The molecule has 1 aliphatic rings. The van der Waals surface area contributed by atoms with Gasteiger partial charge in [0.1, 0.15) is 23.2 Å². The number of carbonyl (C=O) groups excluding carboxylic acids is 3. The molecule has 3 amide bonds. The van der Waals surface area contributed by atoms with Gasteiger partial charge < -0.3 is 22.3 Å². The van der Waals surface area contributed by atoms with Crippen molar-refractivity contribution in [2.45, 2.75) is 105 Å². The van der Waals surface area contributed by atoms with Crippen LogP contribution in [0.25, 0.3) is 0 Å². The number of hydrogen-bond donors (Lipinski definition) is 1. The number of unbranched alkanes of at least 4 members (excludes halogenated alkanes) is 7. The molecule has 5 nitrogen and oxygen atoms in total. The van der Waals surface area contributed by atoms with E-state index in [1.54, 1.807) is 18.2 Å². The molecule has 4 aromatic rings. The minimum Gasteiger partial charge on any atom is -1.00 e. The molecule has 4 aromatic carbocycles. The molecule has 1 heterocycles. The molecule has 0 saturated heterocycles. The zero-order valence-corrected chi connectivity index (χ0v) is 33.5. The summed E-state index contributed by atoms with van der Waals surface area (Å²) in [7, 11) is -1.81. The molecule has 0 spiro atoms. The summed E-state index contributed by atoms with van der Waals surface area (Å²) in [5, 5.41) is 7.32. The van der Waals surface area contributed by atoms with Crippen LogP contribution in [0.2, 0.25) is 0 Å². The molecule has 0 saturated carbocycles. The van der Waals surface area contributed by atoms with Crippen molar-refractivity contribution in [2.75, 3.05) is 11.5 Å². The van der Waals surface area contributed by atoms with Crippen LogP contribution in [-0.2, 0) is 4.79 Å². The summed E-state index contributed by atoms with van der Waals surface area (Å²) < 4.78 is 0. The van der Waals surface area contributed by atoms with Crippen LogP contribution in [0.3, 0.4) is 0 Å². The molecule has 0 aliphatic carbocycles. The van der Waals surface area contributed by atoms with Crippen molar-refractivity contribution in [3.8, 4) is 0 Å². The molecular weight excluding hydrogens is 715 g/mol. The van der Waals surface area contributed by atoms with Crippen molar-refractivity contribution < 1.29 is 31.4 Å². The predicted octanol–water partition coefficient (Wildman–Crippen LogP) is 6.45. The summed E-state index contributed by atoms with van der Waals surface area (Å²) in [6.45, 7) is 10.3. The molecule has 0 aromatic heterocycles. The van der Waals surface area contributed by atoms with Gasteiger partial charge in [0.25, 0.3) is 11.8 Å². The molecule has 1 atom stereocenters. The lowest BCUT2D eigenvalue weighted by atomic mass is 10.1. The number of imide groups is 1. The number of halogens is 1. The Morgan fingerprint density at radius 2 is 1.06 bits per heavy atom. The van der Waals surface area contributed by atoms with Crippen molar-refractivity contribution >= 4 is 46.6 Å². The van der Waals surface area contributed by atoms with Gasteiger partial charge in [-0.3, -0.25) is 19.3 Å². The van der Waals surface area contributed by atoms with Gasteiger partial charge in [0, 0.05) is 18.2 Å². The maximum Gasteiger partial charge on any atom is 0.261 e. The zero-order chi connectivity index (χ0) is 35.7. The van der Waals surface area contributed by atoms with Crippen molar-refractivity contribution in [3.05, 3.63) is 119 Å². The second-order valence-electron chi connectivity index (χ2n) is 14.2. The third-order valence-corrected chi connectivity index (χ3v) is 14.8. The number of aryl methyl sites for hydroxylation is 3. The van der Waals surface area contributed by atoms with Crippen molar-refractivity contribution in [3.63, 3.8) is 0 Å². The number of nitrogens with zero attached hydrogens (tertiary/aromatic N) is 1. The van der Waals surface area contributed by atoms with E-state index in [9.17, 15) is 14.4 Å². The van der Waals surface area contributed by atoms with Crippen LogP contribution < -0.4 is 38.2 Å². The Bertz CT molecular complexity index is 1660. The Labute approximate surface area is 316 Å². The summed E-state index contributed by atoms with van der Waals surface area (Å²) in [6.07, 6.45) is 11.4. The van der Waals surface area contributed by atoms with E-state index in [4.69, 9.17) is 0 Å². The Balaban J connectivity index is 0.00000583. The van der Waals surface area contributed by atoms with E-state index in [1.165, 1.54) is 75.8 Å². The number of fused-ring (bicyclic) bond motifs is 1. The minimum absolute atomic E-state index is 0. The molecular formula is C44H54BrN2O3P. The molecule has 7 heteroatoms. The number of anilines is 1. The summed E-state index contributed by atoms with van der Waals surface area (Å²) >= 11 is 0. The van der Waals surface area contributed by atoms with E-state index in [0.717, 1.165) is 19.3 Å². The third-order valence-electron chi connectivity index (χ3n) is 10.3. The van der Waals surface area contributed by atoms with Gasteiger partial charge >= 0.3 is 0 Å². The zero-order valence-electron chi connectivity index (χ0n) is 31.0. The number of amides is 3. The van der Waals surface area contributed by atoms with Gasteiger partial charge in [-0.15, -0.1) is 0 Å². The largest absolute Gasteiger partial charge is 1.00 e. The standard InChI is InChI=1S/C44H53N2O3P.BrH/c1-6-35(5)46-43(48)40-29-22-36(31-41(40)44(46)49)45-42(47)15-13-11-9-7-8-10-12-14-30-50(37-23-16-32(2)17-24-37,38-25-18-33(3)19-26-38)39-27-20-34(4)21-28-39;/h16-29,31,35H,6-15,30H2,1-5H3;1H. The van der Waals surface area contributed by atoms with Crippen LogP contribution in [0.5, 0.6) is 0 Å². The first kappa shape index (κ1) is 40.2. The highest BCUT2D eigenvalue weighted by Crippen LogP contribution is 2.56. The average Bonchev–Trinajstić information content (AvgIpc) is 3.36. The van der Waals surface area contributed by atoms with E-state index >= 15 is 0 Å². The smallest absolute Gasteiger partial charge is 0.261 e. The first-order valence-corrected chi connectivity index (χ1v) is 20.5. The van der Waals surface area contributed by atoms with Gasteiger partial charge in [-0.1, -0.05) is 92.1 Å². The molecule has 1 unspecified atom stereocenters. The molecule has 0 radical (unpaired) electrons. The maximum atomic E-state index is 12.8. The number of rotatable bonds is 17. The van der Waals surface area contributed by atoms with Crippen molar-refractivity contribution in [1.82, 2.24) is 4.90 Å². The molecule has 0 bridgehead atoms. The molecule has 51 heavy (non-hydrogen) atoms. The number of carbonyl (C=O) groups is 3. The highest BCUT2D eigenvalue weighted by molar-refractivity contribution is 7.95. The SMILES string of the molecule is CCC(C)N1C(=O)c2ccc(NC(=O)CCCCCCCCCC[P+](c3ccc(C)cc3)(c3ccc(C)cc3)c3ccc(C)cc3)cc2C1=O.[Br-]. The normalized spacial score (nSPS) is 13.2. The van der Waals surface area contributed by atoms with Gasteiger partial charge in [0.2, 0.25) is 5.91 Å². The lowest BCUT2D eigenvalue weighted by Gasteiger charge is -2.28. The second-order valence-corrected chi connectivity index (χ2v) is 17.8. The molecule has 1 N–H and O–H groups in total. The van der Waals surface area contributed by atoms with Gasteiger partial charge in [-0.25, -0.2) is 0 Å². The van der Waals surface area contributed by atoms with Crippen molar-refractivity contribution in [1.29, 1.82) is 0 Å². The first-order chi connectivity index (χ1) is 24.1. The van der Waals surface area contributed by atoms with Gasteiger partial charge in [-0.2, -0.15) is 0 Å². The fourth-order valence-electron chi connectivity index (χ4n) is 7.07. The van der Waals surface area contributed by atoms with E-state index in [-0.39, 0.29) is 40.7 Å². The Hall–Kier alpha value is -3.60. The molecule has 5 rings (SSSR count). The lowest BCUT2D eigenvalue weighted by molar-refractivity contribution is -0.116. The van der Waals surface area contributed by atoms with Gasteiger partial charge in [0.15, 0.2) is 0 Å². The Morgan fingerprint density at radius 1 is 0.627 bits per heavy atom. The van der Waals surface area contributed by atoms with Crippen LogP contribution in [0.1, 0.15) is 115 Å². The first-order valence-electron chi connectivity index (χ1n) is 18.6. The fraction of sp³-hybridized carbons (Fsp3) is 0.386. The topological polar surface area (TPSA) is 66.5 Å². The van der Waals surface area contributed by atoms with E-state index in [2.05, 4.69) is 98.9 Å². The quantitative estimate of drug-likeness (QED) is 0.0763. The van der Waals surface area contributed by atoms with E-state index in [1.807, 2.05) is 13.8 Å².